The molecular formula is C15H21FN2O2. The summed E-state index contributed by atoms with van der Waals surface area (Å²) >= 11 is 0. The third-order valence-electron chi connectivity index (χ3n) is 3.73. The van der Waals surface area contributed by atoms with Crippen molar-refractivity contribution < 1.29 is 14.3 Å². The zero-order valence-corrected chi connectivity index (χ0v) is 11.5. The van der Waals surface area contributed by atoms with E-state index in [2.05, 4.69) is 10.6 Å². The first-order valence-corrected chi connectivity index (χ1v) is 7.01. The molecule has 2 amide bonds. The molecule has 3 N–H and O–H groups in total. The highest BCUT2D eigenvalue weighted by molar-refractivity contribution is 5.73. The Morgan fingerprint density at radius 1 is 1.35 bits per heavy atom. The number of benzene rings is 1. The molecule has 0 unspecified atom stereocenters. The summed E-state index contributed by atoms with van der Waals surface area (Å²) < 4.78 is 13.0. The van der Waals surface area contributed by atoms with Crippen LogP contribution in [0.3, 0.4) is 0 Å². The van der Waals surface area contributed by atoms with Crippen LogP contribution < -0.4 is 10.6 Å². The molecule has 1 aliphatic rings. The summed E-state index contributed by atoms with van der Waals surface area (Å²) in [6.45, 7) is 1.21. The highest BCUT2D eigenvalue weighted by Gasteiger charge is 2.41. The molecule has 2 rings (SSSR count). The van der Waals surface area contributed by atoms with Gasteiger partial charge in [-0.15, -0.1) is 0 Å². The van der Waals surface area contributed by atoms with Crippen LogP contribution in [0.4, 0.5) is 9.18 Å². The molecule has 0 heterocycles. The molecule has 4 nitrogen and oxygen atoms in total. The summed E-state index contributed by atoms with van der Waals surface area (Å²) in [6, 6.07) is 6.29. The molecule has 110 valence electrons. The molecule has 1 aliphatic carbocycles. The van der Waals surface area contributed by atoms with Gasteiger partial charge >= 0.3 is 6.03 Å². The van der Waals surface area contributed by atoms with Gasteiger partial charge in [0, 0.05) is 18.5 Å². The third kappa shape index (κ3) is 4.49. The number of hydrogen-bond donors (Lipinski definition) is 3. The Balaban J connectivity index is 1.57. The number of hydrogen-bond acceptors (Lipinski definition) is 2. The number of halogens is 1. The minimum absolute atomic E-state index is 0.0705. The molecule has 1 saturated carbocycles. The molecule has 0 atom stereocenters. The first kappa shape index (κ1) is 14.8. The van der Waals surface area contributed by atoms with Gasteiger partial charge in [-0.3, -0.25) is 0 Å². The number of rotatable bonds is 7. The Morgan fingerprint density at radius 3 is 2.80 bits per heavy atom. The minimum atomic E-state index is -0.230. The lowest BCUT2D eigenvalue weighted by atomic mass is 10.1. The molecule has 1 fully saturated rings. The van der Waals surface area contributed by atoms with E-state index in [1.54, 1.807) is 6.07 Å². The fourth-order valence-corrected chi connectivity index (χ4v) is 2.08. The summed E-state index contributed by atoms with van der Waals surface area (Å²) in [6.07, 6.45) is 3.45. The number of aryl methyl sites for hydroxylation is 1. The van der Waals surface area contributed by atoms with Crippen LogP contribution in [0.2, 0.25) is 0 Å². The third-order valence-corrected chi connectivity index (χ3v) is 3.73. The second-order valence-electron chi connectivity index (χ2n) is 5.50. The largest absolute Gasteiger partial charge is 0.396 e. The number of aliphatic hydroxyl groups excluding tert-OH is 1. The molecule has 1 aromatic carbocycles. The van der Waals surface area contributed by atoms with Gasteiger partial charge in [-0.2, -0.15) is 0 Å². The van der Waals surface area contributed by atoms with Gasteiger partial charge in [-0.1, -0.05) is 12.1 Å². The van der Waals surface area contributed by atoms with Gasteiger partial charge in [0.25, 0.3) is 0 Å². The monoisotopic (exact) mass is 280 g/mol. The van der Waals surface area contributed by atoms with Crippen molar-refractivity contribution >= 4 is 6.03 Å². The summed E-state index contributed by atoms with van der Waals surface area (Å²) in [5.41, 5.74) is 0.864. The van der Waals surface area contributed by atoms with Crippen molar-refractivity contribution in [2.75, 3.05) is 19.7 Å². The lowest BCUT2D eigenvalue weighted by molar-refractivity contribution is 0.203. The highest BCUT2D eigenvalue weighted by atomic mass is 19.1. The SMILES string of the molecule is O=C(NCCCc1cccc(F)c1)NCC1(CO)CC1. The van der Waals surface area contributed by atoms with Gasteiger partial charge in [-0.05, 0) is 43.4 Å². The number of carbonyl (C=O) groups excluding carboxylic acids is 1. The predicted octanol–water partition coefficient (Wildman–Crippen LogP) is 1.83. The lowest BCUT2D eigenvalue weighted by Crippen LogP contribution is -2.40. The van der Waals surface area contributed by atoms with Crippen LogP contribution in [0.5, 0.6) is 0 Å². The van der Waals surface area contributed by atoms with E-state index in [1.165, 1.54) is 12.1 Å². The second kappa shape index (κ2) is 6.70. The van der Waals surface area contributed by atoms with E-state index in [0.29, 0.717) is 13.1 Å². The van der Waals surface area contributed by atoms with Crippen LogP contribution in [0.1, 0.15) is 24.8 Å². The predicted molar refractivity (Wildman–Crippen MR) is 74.9 cm³/mol. The van der Waals surface area contributed by atoms with Crippen molar-refractivity contribution in [3.8, 4) is 0 Å². The summed E-state index contributed by atoms with van der Waals surface area (Å²) in [5, 5.41) is 14.7. The Labute approximate surface area is 118 Å². The molecule has 0 aromatic heterocycles. The van der Waals surface area contributed by atoms with E-state index in [4.69, 9.17) is 5.11 Å². The summed E-state index contributed by atoms with van der Waals surface area (Å²) in [7, 11) is 0. The maximum absolute atomic E-state index is 13.0. The van der Waals surface area contributed by atoms with E-state index < -0.39 is 0 Å². The number of urea groups is 1. The highest BCUT2D eigenvalue weighted by Crippen LogP contribution is 2.44. The van der Waals surface area contributed by atoms with E-state index in [1.807, 2.05) is 6.07 Å². The van der Waals surface area contributed by atoms with E-state index in [-0.39, 0.29) is 23.9 Å². The van der Waals surface area contributed by atoms with Crippen LogP contribution in [-0.2, 0) is 6.42 Å². The van der Waals surface area contributed by atoms with Gasteiger partial charge in [-0.25, -0.2) is 9.18 Å². The number of aliphatic hydroxyl groups is 1. The second-order valence-corrected chi connectivity index (χ2v) is 5.50. The van der Waals surface area contributed by atoms with Crippen LogP contribution in [-0.4, -0.2) is 30.8 Å². The minimum Gasteiger partial charge on any atom is -0.396 e. The van der Waals surface area contributed by atoms with E-state index >= 15 is 0 Å². The molecule has 0 aliphatic heterocycles. The quantitative estimate of drug-likeness (QED) is 0.667. The fraction of sp³-hybridized carbons (Fsp3) is 0.533. The fourth-order valence-electron chi connectivity index (χ4n) is 2.08. The maximum Gasteiger partial charge on any atom is 0.314 e. The summed E-state index contributed by atoms with van der Waals surface area (Å²) in [5.74, 6) is -0.230. The maximum atomic E-state index is 13.0. The average Bonchev–Trinajstić information content (AvgIpc) is 3.22. The standard InChI is InChI=1S/C15H21FN2O2/c16-13-5-1-3-12(9-13)4-2-8-17-14(20)18-10-15(11-19)6-7-15/h1,3,5,9,19H,2,4,6-8,10-11H2,(H2,17,18,20). The smallest absolute Gasteiger partial charge is 0.314 e. The molecule has 1 aromatic rings. The molecule has 0 saturated heterocycles. The number of amides is 2. The van der Waals surface area contributed by atoms with Gasteiger partial charge in [0.15, 0.2) is 0 Å². The Bertz CT molecular complexity index is 461. The molecule has 0 bridgehead atoms. The first-order chi connectivity index (χ1) is 9.63. The van der Waals surface area contributed by atoms with Crippen molar-refractivity contribution in [2.45, 2.75) is 25.7 Å². The van der Waals surface area contributed by atoms with Gasteiger partial charge in [0.1, 0.15) is 5.82 Å². The molecule has 5 heteroatoms. The topological polar surface area (TPSA) is 61.4 Å². The van der Waals surface area contributed by atoms with Crippen molar-refractivity contribution in [2.24, 2.45) is 5.41 Å². The first-order valence-electron chi connectivity index (χ1n) is 7.01. The average molecular weight is 280 g/mol. The Morgan fingerprint density at radius 2 is 2.15 bits per heavy atom. The molecule has 0 radical (unpaired) electrons. The zero-order valence-electron chi connectivity index (χ0n) is 11.5. The van der Waals surface area contributed by atoms with Crippen molar-refractivity contribution in [1.82, 2.24) is 10.6 Å². The van der Waals surface area contributed by atoms with Crippen LogP contribution in [0, 0.1) is 11.2 Å². The Hall–Kier alpha value is -1.62. The molecule has 20 heavy (non-hydrogen) atoms. The van der Waals surface area contributed by atoms with Crippen molar-refractivity contribution in [3.05, 3.63) is 35.6 Å². The zero-order chi connectivity index (χ0) is 14.4. The van der Waals surface area contributed by atoms with Crippen LogP contribution in [0.15, 0.2) is 24.3 Å². The normalized spacial score (nSPS) is 15.7. The van der Waals surface area contributed by atoms with E-state index in [0.717, 1.165) is 31.2 Å². The van der Waals surface area contributed by atoms with Crippen LogP contribution in [0.25, 0.3) is 0 Å². The Kier molecular flexibility index (Phi) is 4.95. The number of carbonyl (C=O) groups is 1. The molecular weight excluding hydrogens is 259 g/mol. The van der Waals surface area contributed by atoms with Crippen LogP contribution >= 0.6 is 0 Å². The molecule has 0 spiro atoms. The lowest BCUT2D eigenvalue weighted by Gasteiger charge is -2.13. The van der Waals surface area contributed by atoms with Gasteiger partial charge < -0.3 is 15.7 Å². The van der Waals surface area contributed by atoms with Crippen molar-refractivity contribution in [1.29, 1.82) is 0 Å². The number of nitrogens with one attached hydrogen (secondary N) is 2. The van der Waals surface area contributed by atoms with E-state index in [9.17, 15) is 9.18 Å². The summed E-state index contributed by atoms with van der Waals surface area (Å²) in [4.78, 5) is 11.5. The van der Waals surface area contributed by atoms with Gasteiger partial charge in [0.2, 0.25) is 0 Å². The van der Waals surface area contributed by atoms with Gasteiger partial charge in [0.05, 0.1) is 6.61 Å². The van der Waals surface area contributed by atoms with Crippen molar-refractivity contribution in [3.63, 3.8) is 0 Å².